The second-order valence-electron chi connectivity index (χ2n) is 4.85. The first-order valence-electron chi connectivity index (χ1n) is 6.30. The van der Waals surface area contributed by atoms with Gasteiger partial charge in [-0.3, -0.25) is 19.2 Å². The summed E-state index contributed by atoms with van der Waals surface area (Å²) in [6, 6.07) is 0. The van der Waals surface area contributed by atoms with Gasteiger partial charge >= 0.3 is 17.9 Å². The first-order chi connectivity index (χ1) is 9.95. The Bertz CT molecular complexity index is 499. The lowest BCUT2D eigenvalue weighted by atomic mass is 10.2. The summed E-state index contributed by atoms with van der Waals surface area (Å²) in [6.07, 6.45) is -0.203. The van der Waals surface area contributed by atoms with Crippen molar-refractivity contribution in [2.75, 3.05) is 0 Å². The Morgan fingerprint density at radius 3 is 1.55 bits per heavy atom. The lowest BCUT2D eigenvalue weighted by Crippen LogP contribution is -2.36. The molecule has 0 unspecified atom stereocenters. The first kappa shape index (κ1) is 19.5. The van der Waals surface area contributed by atoms with Gasteiger partial charge in [0, 0.05) is 18.6 Å². The number of rotatable bonds is 8. The number of carbonyl (C=O) groups excluding carboxylic acids is 4. The summed E-state index contributed by atoms with van der Waals surface area (Å²) in [5, 5.41) is 8.85. The van der Waals surface area contributed by atoms with E-state index < -0.39 is 48.1 Å². The van der Waals surface area contributed by atoms with Crippen LogP contribution in [-0.2, 0) is 33.4 Å². The van der Waals surface area contributed by atoms with Crippen LogP contribution in [0.15, 0.2) is 11.6 Å². The van der Waals surface area contributed by atoms with Crippen LogP contribution < -0.4 is 0 Å². The minimum absolute atomic E-state index is 0.242. The van der Waals surface area contributed by atoms with Gasteiger partial charge in [0.1, 0.15) is 24.4 Å². The van der Waals surface area contributed by atoms with E-state index in [1.54, 1.807) is 0 Å². The molecule has 0 amide bonds. The van der Waals surface area contributed by atoms with Crippen molar-refractivity contribution < 1.29 is 38.6 Å². The van der Waals surface area contributed by atoms with Gasteiger partial charge < -0.3 is 14.6 Å². The van der Waals surface area contributed by atoms with Gasteiger partial charge in [0.25, 0.3) is 5.79 Å². The Morgan fingerprint density at radius 2 is 1.27 bits per heavy atom. The van der Waals surface area contributed by atoms with Crippen molar-refractivity contribution in [1.29, 1.82) is 0 Å². The van der Waals surface area contributed by atoms with Gasteiger partial charge in [0.05, 0.1) is 0 Å². The van der Waals surface area contributed by atoms with Gasteiger partial charge in [-0.25, -0.2) is 4.79 Å². The molecule has 0 bridgehead atoms. The molecule has 22 heavy (non-hydrogen) atoms. The smallest absolute Gasteiger partial charge is 0.331 e. The second kappa shape index (κ2) is 8.06. The van der Waals surface area contributed by atoms with Gasteiger partial charge in [-0.2, -0.15) is 0 Å². The minimum atomic E-state index is -2.03. The van der Waals surface area contributed by atoms with Crippen LogP contribution in [0.25, 0.3) is 0 Å². The van der Waals surface area contributed by atoms with Crippen LogP contribution in [0.1, 0.15) is 40.5 Å². The summed E-state index contributed by atoms with van der Waals surface area (Å²) in [4.78, 5) is 55.7. The predicted octanol–water partition coefficient (Wildman–Crippen LogP) is 0.778. The molecule has 0 saturated heterocycles. The number of ketones is 2. The molecule has 0 atom stereocenters. The molecule has 0 aromatic carbocycles. The molecule has 0 fully saturated rings. The maximum atomic E-state index is 11.5. The summed E-state index contributed by atoms with van der Waals surface area (Å²) >= 11 is 0. The molecule has 0 aromatic rings. The number of carboxylic acids is 1. The Kier molecular flexibility index (Phi) is 7.14. The van der Waals surface area contributed by atoms with Crippen molar-refractivity contribution >= 4 is 29.5 Å². The van der Waals surface area contributed by atoms with Crippen molar-refractivity contribution in [2.24, 2.45) is 0 Å². The number of hydrogen-bond donors (Lipinski definition) is 1. The zero-order chi connectivity index (χ0) is 17.5. The van der Waals surface area contributed by atoms with Crippen molar-refractivity contribution in [1.82, 2.24) is 0 Å². The molecule has 1 N–H and O–H groups in total. The number of esters is 2. The number of carboxylic acid groups (broad SMARTS) is 1. The molecule has 0 spiro atoms. The third-order valence-electron chi connectivity index (χ3n) is 2.24. The fraction of sp³-hybridized carbons (Fsp3) is 0.500. The summed E-state index contributed by atoms with van der Waals surface area (Å²) in [5.41, 5.74) is -0.242. The Hall–Kier alpha value is -2.51. The van der Waals surface area contributed by atoms with Crippen molar-refractivity contribution in [3.05, 3.63) is 11.6 Å². The summed E-state index contributed by atoms with van der Waals surface area (Å²) < 4.78 is 9.74. The minimum Gasteiger partial charge on any atom is -0.478 e. The van der Waals surface area contributed by atoms with Crippen LogP contribution in [0.4, 0.5) is 0 Å². The normalized spacial score (nSPS) is 11.5. The zero-order valence-electron chi connectivity index (χ0n) is 12.8. The molecule has 0 heterocycles. The van der Waals surface area contributed by atoms with Gasteiger partial charge in [-0.15, -0.1) is 0 Å². The maximum absolute atomic E-state index is 11.5. The van der Waals surface area contributed by atoms with Crippen LogP contribution in [0.3, 0.4) is 0 Å². The number of carbonyl (C=O) groups is 5. The van der Waals surface area contributed by atoms with Gasteiger partial charge in [-0.05, 0) is 20.8 Å². The van der Waals surface area contributed by atoms with E-state index in [1.165, 1.54) is 20.8 Å². The Balaban J connectivity index is 5.29. The third kappa shape index (κ3) is 7.93. The third-order valence-corrected chi connectivity index (χ3v) is 2.24. The molecule has 0 aliphatic carbocycles. The van der Waals surface area contributed by atoms with E-state index in [4.69, 9.17) is 14.6 Å². The van der Waals surface area contributed by atoms with Crippen molar-refractivity contribution in [2.45, 2.75) is 46.3 Å². The molecule has 8 nitrogen and oxygen atoms in total. The fourth-order valence-electron chi connectivity index (χ4n) is 1.47. The van der Waals surface area contributed by atoms with Crippen LogP contribution in [0, 0.1) is 0 Å². The first-order valence-corrected chi connectivity index (χ1v) is 6.30. The van der Waals surface area contributed by atoms with Crippen LogP contribution in [0.5, 0.6) is 0 Å². The lowest BCUT2D eigenvalue weighted by molar-refractivity contribution is -0.206. The highest BCUT2D eigenvalue weighted by Crippen LogP contribution is 2.19. The highest BCUT2D eigenvalue weighted by atomic mass is 16.7. The van der Waals surface area contributed by atoms with E-state index in [2.05, 4.69) is 0 Å². The number of hydrogen-bond acceptors (Lipinski definition) is 7. The van der Waals surface area contributed by atoms with Crippen molar-refractivity contribution in [3.8, 4) is 0 Å². The molecule has 0 aliphatic rings. The summed E-state index contributed by atoms with van der Waals surface area (Å²) in [6.45, 7) is 4.67. The average Bonchev–Trinajstić information content (AvgIpc) is 2.24. The molecular formula is C14H18O8. The predicted molar refractivity (Wildman–Crippen MR) is 72.6 cm³/mol. The second-order valence-corrected chi connectivity index (χ2v) is 4.85. The van der Waals surface area contributed by atoms with Crippen LogP contribution in [-0.4, -0.2) is 40.4 Å². The van der Waals surface area contributed by atoms with Gasteiger partial charge in [0.2, 0.25) is 0 Å². The van der Waals surface area contributed by atoms with E-state index in [9.17, 15) is 24.0 Å². The van der Waals surface area contributed by atoms with Crippen LogP contribution >= 0.6 is 0 Å². The quantitative estimate of drug-likeness (QED) is 0.301. The standard InChI is InChI=1S/C14H18O8/c1-8(13(19)20)7-14(4,21-11(17)5-9(2)15)22-12(18)6-10(3)16/h7H,5-6H2,1-4H3,(H,19,20). The van der Waals surface area contributed by atoms with E-state index in [1.807, 2.05) is 0 Å². The maximum Gasteiger partial charge on any atom is 0.331 e. The summed E-state index contributed by atoms with van der Waals surface area (Å²) in [5.74, 6) is -6.25. The Morgan fingerprint density at radius 1 is 0.909 bits per heavy atom. The Labute approximate surface area is 127 Å². The van der Waals surface area contributed by atoms with E-state index in [0.717, 1.165) is 13.0 Å². The highest BCUT2D eigenvalue weighted by molar-refractivity contribution is 5.95. The SMILES string of the molecule is CC(=O)CC(=O)OC(C)(C=C(C)C(=O)O)OC(=O)CC(C)=O. The molecule has 122 valence electrons. The van der Waals surface area contributed by atoms with Crippen molar-refractivity contribution in [3.63, 3.8) is 0 Å². The van der Waals surface area contributed by atoms with E-state index in [0.29, 0.717) is 0 Å². The lowest BCUT2D eigenvalue weighted by Gasteiger charge is -2.26. The molecule has 0 aromatic heterocycles. The van der Waals surface area contributed by atoms with Gasteiger partial charge in [0.15, 0.2) is 0 Å². The molecule has 0 radical (unpaired) electrons. The molecule has 0 rings (SSSR count). The van der Waals surface area contributed by atoms with Gasteiger partial charge in [-0.1, -0.05) is 0 Å². The summed E-state index contributed by atoms with van der Waals surface area (Å²) in [7, 11) is 0. The van der Waals surface area contributed by atoms with E-state index >= 15 is 0 Å². The van der Waals surface area contributed by atoms with Crippen LogP contribution in [0.2, 0.25) is 0 Å². The molecular weight excluding hydrogens is 296 g/mol. The number of Topliss-reactive ketones (excluding diaryl/α,β-unsaturated/α-hetero) is 2. The largest absolute Gasteiger partial charge is 0.478 e. The number of aliphatic carboxylic acids is 1. The highest BCUT2D eigenvalue weighted by Gasteiger charge is 2.32. The van der Waals surface area contributed by atoms with E-state index in [-0.39, 0.29) is 5.57 Å². The monoisotopic (exact) mass is 314 g/mol. The average molecular weight is 314 g/mol. The molecule has 0 aliphatic heterocycles. The fourth-order valence-corrected chi connectivity index (χ4v) is 1.47. The number of ether oxygens (including phenoxy) is 2. The molecule has 8 heteroatoms. The zero-order valence-corrected chi connectivity index (χ0v) is 12.8. The topological polar surface area (TPSA) is 124 Å². The molecule has 0 saturated carbocycles.